The number of para-hydroxylation sites is 1. The predicted molar refractivity (Wildman–Crippen MR) is 72.8 cm³/mol. The molecule has 2 rings (SSSR count). The molecule has 94 valence electrons. The summed E-state index contributed by atoms with van der Waals surface area (Å²) in [4.78, 5) is 8.65. The molecule has 1 heterocycles. The molecule has 18 heavy (non-hydrogen) atoms. The molecule has 0 aliphatic rings. The van der Waals surface area contributed by atoms with Crippen molar-refractivity contribution >= 4 is 5.82 Å². The van der Waals surface area contributed by atoms with Crippen LogP contribution < -0.4 is 10.1 Å². The van der Waals surface area contributed by atoms with E-state index in [-0.39, 0.29) is 6.10 Å². The molecule has 0 radical (unpaired) electrons. The van der Waals surface area contributed by atoms with Gasteiger partial charge in [-0.3, -0.25) is 4.98 Å². The van der Waals surface area contributed by atoms with Crippen LogP contribution in [0.15, 0.2) is 36.7 Å². The van der Waals surface area contributed by atoms with Crippen molar-refractivity contribution < 1.29 is 4.74 Å². The van der Waals surface area contributed by atoms with Crippen molar-refractivity contribution in [3.8, 4) is 17.0 Å². The second-order valence-corrected chi connectivity index (χ2v) is 4.20. The van der Waals surface area contributed by atoms with Gasteiger partial charge in [-0.05, 0) is 26.0 Å². The summed E-state index contributed by atoms with van der Waals surface area (Å²) in [5.41, 5.74) is 1.76. The fourth-order valence-electron chi connectivity index (χ4n) is 1.65. The molecular weight excluding hydrogens is 226 g/mol. The van der Waals surface area contributed by atoms with Crippen molar-refractivity contribution in [2.75, 3.05) is 12.4 Å². The highest BCUT2D eigenvalue weighted by Gasteiger charge is 2.09. The van der Waals surface area contributed by atoms with Crippen molar-refractivity contribution in [1.29, 1.82) is 0 Å². The molecule has 0 unspecified atom stereocenters. The Balaban J connectivity index is 2.42. The summed E-state index contributed by atoms with van der Waals surface area (Å²) in [5.74, 6) is 1.57. The van der Waals surface area contributed by atoms with E-state index in [2.05, 4.69) is 15.3 Å². The summed E-state index contributed by atoms with van der Waals surface area (Å²) in [6, 6.07) is 7.86. The molecule has 0 saturated carbocycles. The second kappa shape index (κ2) is 5.49. The maximum absolute atomic E-state index is 5.79. The van der Waals surface area contributed by atoms with E-state index in [0.717, 1.165) is 22.8 Å². The van der Waals surface area contributed by atoms with E-state index in [1.54, 1.807) is 12.4 Å². The zero-order valence-electron chi connectivity index (χ0n) is 10.8. The second-order valence-electron chi connectivity index (χ2n) is 4.20. The monoisotopic (exact) mass is 243 g/mol. The first-order valence-corrected chi connectivity index (χ1v) is 5.96. The summed E-state index contributed by atoms with van der Waals surface area (Å²) >= 11 is 0. The zero-order chi connectivity index (χ0) is 13.0. The minimum Gasteiger partial charge on any atom is -0.490 e. The fourth-order valence-corrected chi connectivity index (χ4v) is 1.65. The number of rotatable bonds is 4. The van der Waals surface area contributed by atoms with Crippen LogP contribution in [-0.2, 0) is 0 Å². The number of hydrogen-bond donors (Lipinski definition) is 1. The average Bonchev–Trinajstić information content (AvgIpc) is 2.39. The molecule has 4 nitrogen and oxygen atoms in total. The van der Waals surface area contributed by atoms with Gasteiger partial charge in [0.1, 0.15) is 11.6 Å². The van der Waals surface area contributed by atoms with Gasteiger partial charge in [0.2, 0.25) is 0 Å². The number of ether oxygens (including phenoxy) is 1. The first-order chi connectivity index (χ1) is 8.70. The van der Waals surface area contributed by atoms with Crippen LogP contribution in [0, 0.1) is 0 Å². The molecule has 0 bridgehead atoms. The SMILES string of the molecule is CNc1cncc(-c2ccccc2OC(C)C)n1. The van der Waals surface area contributed by atoms with Crippen molar-refractivity contribution in [3.63, 3.8) is 0 Å². The van der Waals surface area contributed by atoms with Crippen LogP contribution in [-0.4, -0.2) is 23.1 Å². The highest BCUT2D eigenvalue weighted by Crippen LogP contribution is 2.29. The Morgan fingerprint density at radius 2 is 1.94 bits per heavy atom. The van der Waals surface area contributed by atoms with Crippen molar-refractivity contribution in [1.82, 2.24) is 9.97 Å². The maximum Gasteiger partial charge on any atom is 0.144 e. The van der Waals surface area contributed by atoms with Gasteiger partial charge in [-0.25, -0.2) is 4.98 Å². The van der Waals surface area contributed by atoms with Crippen LogP contribution in [0.2, 0.25) is 0 Å². The van der Waals surface area contributed by atoms with E-state index >= 15 is 0 Å². The molecule has 0 saturated heterocycles. The van der Waals surface area contributed by atoms with Crippen LogP contribution in [0.25, 0.3) is 11.3 Å². The highest BCUT2D eigenvalue weighted by atomic mass is 16.5. The van der Waals surface area contributed by atoms with E-state index in [9.17, 15) is 0 Å². The third kappa shape index (κ3) is 2.77. The lowest BCUT2D eigenvalue weighted by Crippen LogP contribution is -2.06. The number of hydrogen-bond acceptors (Lipinski definition) is 4. The van der Waals surface area contributed by atoms with Crippen molar-refractivity contribution in [2.45, 2.75) is 20.0 Å². The Hall–Kier alpha value is -2.10. The molecule has 4 heteroatoms. The van der Waals surface area contributed by atoms with Gasteiger partial charge < -0.3 is 10.1 Å². The van der Waals surface area contributed by atoms with E-state index in [1.165, 1.54) is 0 Å². The summed E-state index contributed by atoms with van der Waals surface area (Å²) in [5, 5.41) is 2.98. The van der Waals surface area contributed by atoms with Gasteiger partial charge in [-0.1, -0.05) is 12.1 Å². The third-order valence-corrected chi connectivity index (χ3v) is 2.42. The van der Waals surface area contributed by atoms with E-state index in [4.69, 9.17) is 4.74 Å². The van der Waals surface area contributed by atoms with Gasteiger partial charge in [0.15, 0.2) is 0 Å². The molecule has 0 fully saturated rings. The summed E-state index contributed by atoms with van der Waals surface area (Å²) in [6.45, 7) is 4.01. The standard InChI is InChI=1S/C14H17N3O/c1-10(2)18-13-7-5-4-6-11(13)12-8-16-9-14(15-3)17-12/h4-10H,1-3H3,(H,15,17). The molecule has 0 amide bonds. The van der Waals surface area contributed by atoms with Crippen molar-refractivity contribution in [3.05, 3.63) is 36.7 Å². The average molecular weight is 243 g/mol. The minimum atomic E-state index is 0.131. The van der Waals surface area contributed by atoms with Crippen molar-refractivity contribution in [2.24, 2.45) is 0 Å². The van der Waals surface area contributed by atoms with E-state index in [0.29, 0.717) is 0 Å². The zero-order valence-corrected chi connectivity index (χ0v) is 10.8. The van der Waals surface area contributed by atoms with Gasteiger partial charge in [0.05, 0.1) is 24.2 Å². The van der Waals surface area contributed by atoms with Crippen LogP contribution in [0.3, 0.4) is 0 Å². The Morgan fingerprint density at radius 1 is 1.17 bits per heavy atom. The smallest absolute Gasteiger partial charge is 0.144 e. The maximum atomic E-state index is 5.79. The van der Waals surface area contributed by atoms with Crippen LogP contribution in [0.5, 0.6) is 5.75 Å². The molecule has 0 atom stereocenters. The number of nitrogens with one attached hydrogen (secondary N) is 1. The fraction of sp³-hybridized carbons (Fsp3) is 0.286. The third-order valence-electron chi connectivity index (χ3n) is 2.42. The minimum absolute atomic E-state index is 0.131. The highest BCUT2D eigenvalue weighted by molar-refractivity contribution is 5.67. The quantitative estimate of drug-likeness (QED) is 0.896. The molecule has 0 aliphatic carbocycles. The topological polar surface area (TPSA) is 47.0 Å². The number of benzene rings is 1. The van der Waals surface area contributed by atoms with Gasteiger partial charge in [0, 0.05) is 12.6 Å². The van der Waals surface area contributed by atoms with Gasteiger partial charge >= 0.3 is 0 Å². The van der Waals surface area contributed by atoms with Gasteiger partial charge in [-0.15, -0.1) is 0 Å². The van der Waals surface area contributed by atoms with Gasteiger partial charge in [-0.2, -0.15) is 0 Å². The lowest BCUT2D eigenvalue weighted by Gasteiger charge is -2.13. The molecular formula is C14H17N3O. The molecule has 1 aromatic heterocycles. The Labute approximate surface area is 107 Å². The molecule has 0 spiro atoms. The first kappa shape index (κ1) is 12.4. The molecule has 2 aromatic rings. The van der Waals surface area contributed by atoms with Crippen LogP contribution in [0.1, 0.15) is 13.8 Å². The largest absolute Gasteiger partial charge is 0.490 e. The summed E-state index contributed by atoms with van der Waals surface area (Å²) in [7, 11) is 1.82. The summed E-state index contributed by atoms with van der Waals surface area (Å²) in [6.07, 6.45) is 3.56. The predicted octanol–water partition coefficient (Wildman–Crippen LogP) is 2.97. The number of aromatic nitrogens is 2. The normalized spacial score (nSPS) is 10.4. The van der Waals surface area contributed by atoms with E-state index < -0.39 is 0 Å². The first-order valence-electron chi connectivity index (χ1n) is 5.96. The Morgan fingerprint density at radius 3 is 2.67 bits per heavy atom. The number of anilines is 1. The van der Waals surface area contributed by atoms with Gasteiger partial charge in [0.25, 0.3) is 0 Å². The van der Waals surface area contributed by atoms with Crippen LogP contribution in [0.4, 0.5) is 5.82 Å². The summed E-state index contributed by atoms with van der Waals surface area (Å²) < 4.78 is 5.79. The number of nitrogens with zero attached hydrogens (tertiary/aromatic N) is 2. The van der Waals surface area contributed by atoms with Crippen LogP contribution >= 0.6 is 0 Å². The lowest BCUT2D eigenvalue weighted by molar-refractivity contribution is 0.243. The molecule has 1 aromatic carbocycles. The molecule has 0 aliphatic heterocycles. The lowest BCUT2D eigenvalue weighted by atomic mass is 10.1. The van der Waals surface area contributed by atoms with E-state index in [1.807, 2.05) is 45.2 Å². The molecule has 1 N–H and O–H groups in total. The Bertz CT molecular complexity index is 526. The Kier molecular flexibility index (Phi) is 3.77.